The van der Waals surface area contributed by atoms with Crippen molar-refractivity contribution >= 4 is 18.0 Å². The summed E-state index contributed by atoms with van der Waals surface area (Å²) in [6.45, 7) is 6.41. The van der Waals surface area contributed by atoms with E-state index in [0.29, 0.717) is 25.8 Å². The second kappa shape index (κ2) is 10.5. The summed E-state index contributed by atoms with van der Waals surface area (Å²) in [4.78, 5) is 39.5. The Morgan fingerprint density at radius 1 is 1.06 bits per heavy atom. The van der Waals surface area contributed by atoms with Crippen molar-refractivity contribution in [1.82, 2.24) is 10.2 Å². The summed E-state index contributed by atoms with van der Waals surface area (Å²) in [6.07, 6.45) is 0.996. The number of carboxylic acids is 1. The first kappa shape index (κ1) is 24.8. The summed E-state index contributed by atoms with van der Waals surface area (Å²) in [5.74, 6) is -1.63. The first-order valence-electron chi connectivity index (χ1n) is 12.4. The molecule has 4 rings (SSSR count). The molecular weight excluding hydrogens is 444 g/mol. The normalized spacial score (nSPS) is 20.2. The van der Waals surface area contributed by atoms with Gasteiger partial charge in [0.2, 0.25) is 5.91 Å². The number of piperidine rings is 1. The van der Waals surface area contributed by atoms with Crippen LogP contribution in [0.4, 0.5) is 4.79 Å². The van der Waals surface area contributed by atoms with Crippen molar-refractivity contribution < 1.29 is 24.2 Å². The number of benzene rings is 2. The maximum absolute atomic E-state index is 13.4. The topological polar surface area (TPSA) is 95.9 Å². The number of carboxylic acid groups (broad SMARTS) is 1. The van der Waals surface area contributed by atoms with Crippen molar-refractivity contribution in [2.75, 3.05) is 13.2 Å². The molecule has 35 heavy (non-hydrogen) atoms. The number of ether oxygens (including phenoxy) is 1. The van der Waals surface area contributed by atoms with Crippen LogP contribution in [0.15, 0.2) is 48.5 Å². The average Bonchev–Trinajstić information content (AvgIpc) is 3.15. The minimum atomic E-state index is -0.889. The lowest BCUT2D eigenvalue weighted by Crippen LogP contribution is -2.56. The first-order valence-corrected chi connectivity index (χ1v) is 12.4. The van der Waals surface area contributed by atoms with Crippen molar-refractivity contribution in [3.8, 4) is 11.1 Å². The van der Waals surface area contributed by atoms with Gasteiger partial charge < -0.3 is 20.1 Å². The van der Waals surface area contributed by atoms with Gasteiger partial charge >= 0.3 is 12.1 Å². The van der Waals surface area contributed by atoms with E-state index in [1.165, 1.54) is 0 Å². The van der Waals surface area contributed by atoms with Crippen LogP contribution in [0.1, 0.15) is 57.1 Å². The fourth-order valence-electron chi connectivity index (χ4n) is 5.46. The largest absolute Gasteiger partial charge is 0.481 e. The van der Waals surface area contributed by atoms with E-state index in [1.54, 1.807) is 11.8 Å². The number of rotatable bonds is 7. The lowest BCUT2D eigenvalue weighted by atomic mass is 9.89. The van der Waals surface area contributed by atoms with Gasteiger partial charge in [-0.1, -0.05) is 62.4 Å². The number of alkyl carbamates (subject to hydrolysis) is 1. The number of carbonyl (C=O) groups excluding carboxylic acids is 2. The summed E-state index contributed by atoms with van der Waals surface area (Å²) >= 11 is 0. The summed E-state index contributed by atoms with van der Waals surface area (Å²) in [5, 5.41) is 12.3. The zero-order valence-corrected chi connectivity index (χ0v) is 20.6. The fourth-order valence-corrected chi connectivity index (χ4v) is 5.46. The molecule has 0 radical (unpaired) electrons. The molecule has 1 heterocycles. The molecular formula is C28H34N2O5. The standard InChI is InChI=1S/C28H34N2O5/c1-17(2)15-25(26(31)30-14-8-13-19(18(30)3)27(32)33)29-28(34)35-16-24-22-11-6-4-9-20(22)21-10-5-7-12-23(21)24/h4-7,9-12,17-19,24-25H,8,13-16H2,1-3H3,(H,29,34)(H,32,33)/t18?,19?,25-/m0/s1. The van der Waals surface area contributed by atoms with Gasteiger partial charge in [-0.25, -0.2) is 4.79 Å². The highest BCUT2D eigenvalue weighted by Crippen LogP contribution is 2.44. The summed E-state index contributed by atoms with van der Waals surface area (Å²) in [7, 11) is 0. The zero-order chi connectivity index (χ0) is 25.1. The minimum Gasteiger partial charge on any atom is -0.481 e. The molecule has 0 aromatic heterocycles. The van der Waals surface area contributed by atoms with E-state index in [0.717, 1.165) is 22.3 Å². The number of fused-ring (bicyclic) bond motifs is 3. The monoisotopic (exact) mass is 478 g/mol. The fraction of sp³-hybridized carbons (Fsp3) is 0.464. The van der Waals surface area contributed by atoms with Crippen LogP contribution in [0, 0.1) is 11.8 Å². The summed E-state index contributed by atoms with van der Waals surface area (Å²) in [5.41, 5.74) is 4.55. The molecule has 2 aromatic carbocycles. The molecule has 1 fully saturated rings. The van der Waals surface area contributed by atoms with Gasteiger partial charge in [0.1, 0.15) is 12.6 Å². The second-order valence-electron chi connectivity index (χ2n) is 10.0. The van der Waals surface area contributed by atoms with Crippen LogP contribution in [0.5, 0.6) is 0 Å². The van der Waals surface area contributed by atoms with Gasteiger partial charge in [-0.15, -0.1) is 0 Å². The van der Waals surface area contributed by atoms with E-state index in [4.69, 9.17) is 4.74 Å². The molecule has 2 aliphatic rings. The highest BCUT2D eigenvalue weighted by molar-refractivity contribution is 5.87. The first-order chi connectivity index (χ1) is 16.8. The molecule has 1 saturated heterocycles. The predicted octanol–water partition coefficient (Wildman–Crippen LogP) is 4.65. The minimum absolute atomic E-state index is 0.0640. The third-order valence-corrected chi connectivity index (χ3v) is 7.23. The van der Waals surface area contributed by atoms with E-state index >= 15 is 0 Å². The Morgan fingerprint density at radius 3 is 2.23 bits per heavy atom. The van der Waals surface area contributed by atoms with Crippen molar-refractivity contribution in [1.29, 1.82) is 0 Å². The van der Waals surface area contributed by atoms with E-state index in [2.05, 4.69) is 29.6 Å². The smallest absolute Gasteiger partial charge is 0.407 e. The molecule has 2 N–H and O–H groups in total. The Morgan fingerprint density at radius 2 is 1.66 bits per heavy atom. The van der Waals surface area contributed by atoms with Crippen LogP contribution in [-0.4, -0.2) is 53.2 Å². The van der Waals surface area contributed by atoms with Crippen molar-refractivity contribution in [3.05, 3.63) is 59.7 Å². The lowest BCUT2D eigenvalue weighted by molar-refractivity contribution is -0.150. The summed E-state index contributed by atoms with van der Waals surface area (Å²) < 4.78 is 5.66. The van der Waals surface area contributed by atoms with E-state index in [-0.39, 0.29) is 24.3 Å². The Hall–Kier alpha value is -3.35. The second-order valence-corrected chi connectivity index (χ2v) is 10.0. The number of nitrogens with one attached hydrogen (secondary N) is 1. The van der Waals surface area contributed by atoms with Crippen LogP contribution < -0.4 is 5.32 Å². The van der Waals surface area contributed by atoms with Gasteiger partial charge in [-0.05, 0) is 54.4 Å². The molecule has 1 aliphatic heterocycles. The number of amides is 2. The third kappa shape index (κ3) is 5.19. The van der Waals surface area contributed by atoms with Gasteiger partial charge in [0, 0.05) is 18.5 Å². The predicted molar refractivity (Wildman–Crippen MR) is 133 cm³/mol. The number of aliphatic carboxylic acids is 1. The van der Waals surface area contributed by atoms with Crippen molar-refractivity contribution in [2.45, 2.75) is 58.0 Å². The van der Waals surface area contributed by atoms with Gasteiger partial charge in [-0.3, -0.25) is 9.59 Å². The van der Waals surface area contributed by atoms with E-state index in [1.807, 2.05) is 38.1 Å². The molecule has 2 unspecified atom stereocenters. The van der Waals surface area contributed by atoms with Crippen molar-refractivity contribution in [2.24, 2.45) is 11.8 Å². The molecule has 3 atom stereocenters. The van der Waals surface area contributed by atoms with Crippen molar-refractivity contribution in [3.63, 3.8) is 0 Å². The molecule has 7 heteroatoms. The Labute approximate surface area is 206 Å². The van der Waals surface area contributed by atoms with Gasteiger partial charge in [0.25, 0.3) is 0 Å². The Kier molecular flexibility index (Phi) is 7.43. The summed E-state index contributed by atoms with van der Waals surface area (Å²) in [6, 6.07) is 15.1. The molecule has 0 bridgehead atoms. The van der Waals surface area contributed by atoms with Gasteiger partial charge in [0.15, 0.2) is 0 Å². The average molecular weight is 479 g/mol. The highest BCUT2D eigenvalue weighted by Gasteiger charge is 2.38. The SMILES string of the molecule is CC(C)C[C@H](NC(=O)OCC1c2ccccc2-c2ccccc21)C(=O)N1CCCC(C(=O)O)C1C. The third-order valence-electron chi connectivity index (χ3n) is 7.23. The maximum atomic E-state index is 13.4. The maximum Gasteiger partial charge on any atom is 0.407 e. The molecule has 2 aromatic rings. The number of hydrogen-bond donors (Lipinski definition) is 2. The molecule has 7 nitrogen and oxygen atoms in total. The van der Waals surface area contributed by atoms with Crippen LogP contribution in [0.2, 0.25) is 0 Å². The number of hydrogen-bond acceptors (Lipinski definition) is 4. The quantitative estimate of drug-likeness (QED) is 0.604. The van der Waals surface area contributed by atoms with Crippen LogP contribution in [-0.2, 0) is 14.3 Å². The van der Waals surface area contributed by atoms with Crippen LogP contribution >= 0.6 is 0 Å². The highest BCUT2D eigenvalue weighted by atomic mass is 16.5. The number of likely N-dealkylation sites (tertiary alicyclic amines) is 1. The lowest BCUT2D eigenvalue weighted by Gasteiger charge is -2.39. The van der Waals surface area contributed by atoms with Gasteiger partial charge in [0.05, 0.1) is 5.92 Å². The number of carbonyl (C=O) groups is 3. The Balaban J connectivity index is 1.44. The molecule has 0 spiro atoms. The molecule has 0 saturated carbocycles. The van der Waals surface area contributed by atoms with Gasteiger partial charge in [-0.2, -0.15) is 0 Å². The molecule has 1 aliphatic carbocycles. The van der Waals surface area contributed by atoms with Crippen LogP contribution in [0.3, 0.4) is 0 Å². The molecule has 186 valence electrons. The number of nitrogens with zero attached hydrogens (tertiary/aromatic N) is 1. The Bertz CT molecular complexity index is 1050. The van der Waals surface area contributed by atoms with E-state index in [9.17, 15) is 19.5 Å². The zero-order valence-electron chi connectivity index (χ0n) is 20.6. The van der Waals surface area contributed by atoms with Crippen LogP contribution in [0.25, 0.3) is 11.1 Å². The molecule has 2 amide bonds. The van der Waals surface area contributed by atoms with E-state index < -0.39 is 30.1 Å².